The first-order valence-electron chi connectivity index (χ1n) is 7.79. The van der Waals surface area contributed by atoms with Gasteiger partial charge in [-0.2, -0.15) is 0 Å². The predicted molar refractivity (Wildman–Crippen MR) is 90.4 cm³/mol. The van der Waals surface area contributed by atoms with Crippen LogP contribution in [0.3, 0.4) is 0 Å². The van der Waals surface area contributed by atoms with E-state index < -0.39 is 6.10 Å². The van der Waals surface area contributed by atoms with Crippen LogP contribution in [-0.4, -0.2) is 12.0 Å². The molecule has 0 aliphatic heterocycles. The topological polar surface area (TPSA) is 38.3 Å². The summed E-state index contributed by atoms with van der Waals surface area (Å²) in [5.74, 6) is 0.573. The molecule has 0 radical (unpaired) electrons. The average Bonchev–Trinajstić information content (AvgIpc) is 2.55. The number of para-hydroxylation sites is 2. The number of aryl methyl sites for hydroxylation is 2. The number of hydrogen-bond donors (Lipinski definition) is 1. The van der Waals surface area contributed by atoms with Crippen molar-refractivity contribution in [3.8, 4) is 5.75 Å². The lowest BCUT2D eigenvalue weighted by molar-refractivity contribution is -0.122. The van der Waals surface area contributed by atoms with E-state index in [1.165, 1.54) is 0 Å². The molecule has 0 aromatic heterocycles. The van der Waals surface area contributed by atoms with Crippen LogP contribution in [-0.2, 0) is 17.6 Å². The van der Waals surface area contributed by atoms with E-state index in [0.29, 0.717) is 5.75 Å². The molecule has 1 N–H and O–H groups in total. The Bertz CT molecular complexity index is 600. The Morgan fingerprint density at radius 1 is 1.00 bits per heavy atom. The molecule has 2 aromatic rings. The fourth-order valence-corrected chi connectivity index (χ4v) is 2.38. The quantitative estimate of drug-likeness (QED) is 0.867. The van der Waals surface area contributed by atoms with Gasteiger partial charge in [-0.05, 0) is 43.0 Å². The molecule has 2 rings (SSSR count). The second-order valence-corrected chi connectivity index (χ2v) is 5.22. The number of carbonyl (C=O) groups is 1. The molecule has 22 heavy (non-hydrogen) atoms. The Balaban J connectivity index is 2.11. The van der Waals surface area contributed by atoms with E-state index in [4.69, 9.17) is 4.74 Å². The summed E-state index contributed by atoms with van der Waals surface area (Å²) in [7, 11) is 0. The Morgan fingerprint density at radius 2 is 1.59 bits per heavy atom. The number of benzene rings is 2. The van der Waals surface area contributed by atoms with Gasteiger partial charge >= 0.3 is 0 Å². The average molecular weight is 297 g/mol. The molecule has 0 bridgehead atoms. The number of nitrogens with one attached hydrogen (secondary N) is 1. The van der Waals surface area contributed by atoms with Crippen LogP contribution in [0.2, 0.25) is 0 Å². The van der Waals surface area contributed by atoms with Crippen molar-refractivity contribution in [1.29, 1.82) is 0 Å². The van der Waals surface area contributed by atoms with Gasteiger partial charge in [0.1, 0.15) is 5.75 Å². The third-order valence-electron chi connectivity index (χ3n) is 3.67. The minimum atomic E-state index is -0.544. The molecule has 0 saturated heterocycles. The highest BCUT2D eigenvalue weighted by Crippen LogP contribution is 2.23. The highest BCUT2D eigenvalue weighted by Gasteiger charge is 2.17. The molecule has 0 aliphatic carbocycles. The first kappa shape index (κ1) is 16.1. The number of hydrogen-bond acceptors (Lipinski definition) is 2. The summed E-state index contributed by atoms with van der Waals surface area (Å²) in [6.07, 6.45) is 1.23. The molecule has 1 amide bonds. The smallest absolute Gasteiger partial charge is 0.265 e. The second kappa shape index (κ2) is 7.64. The molecule has 0 fully saturated rings. The molecular weight excluding hydrogens is 274 g/mol. The van der Waals surface area contributed by atoms with Gasteiger partial charge in [0.15, 0.2) is 6.10 Å². The van der Waals surface area contributed by atoms with E-state index in [2.05, 4.69) is 31.3 Å². The molecule has 0 aliphatic rings. The zero-order valence-corrected chi connectivity index (χ0v) is 13.4. The van der Waals surface area contributed by atoms with Crippen LogP contribution in [0.1, 0.15) is 31.9 Å². The summed E-state index contributed by atoms with van der Waals surface area (Å²) >= 11 is 0. The first-order valence-corrected chi connectivity index (χ1v) is 7.79. The van der Waals surface area contributed by atoms with E-state index in [1.807, 2.05) is 36.4 Å². The van der Waals surface area contributed by atoms with Crippen molar-refractivity contribution in [2.24, 2.45) is 0 Å². The molecule has 0 unspecified atom stereocenters. The Kier molecular flexibility index (Phi) is 5.59. The van der Waals surface area contributed by atoms with Crippen LogP contribution in [0, 0.1) is 0 Å². The van der Waals surface area contributed by atoms with Gasteiger partial charge < -0.3 is 10.1 Å². The summed E-state index contributed by atoms with van der Waals surface area (Å²) in [5, 5.41) is 3.04. The molecule has 3 heteroatoms. The SMILES string of the molecule is CCc1cccc(CC)c1NC(=O)[C@@H](C)Oc1ccccc1. The van der Waals surface area contributed by atoms with Crippen molar-refractivity contribution in [2.45, 2.75) is 39.7 Å². The maximum atomic E-state index is 12.4. The largest absolute Gasteiger partial charge is 0.481 e. The van der Waals surface area contributed by atoms with Gasteiger partial charge in [-0.1, -0.05) is 50.2 Å². The van der Waals surface area contributed by atoms with Gasteiger partial charge in [-0.15, -0.1) is 0 Å². The van der Waals surface area contributed by atoms with Gasteiger partial charge in [0.05, 0.1) is 0 Å². The summed E-state index contributed by atoms with van der Waals surface area (Å²) in [6, 6.07) is 15.5. The zero-order chi connectivity index (χ0) is 15.9. The van der Waals surface area contributed by atoms with Gasteiger partial charge in [0, 0.05) is 5.69 Å². The van der Waals surface area contributed by atoms with Crippen molar-refractivity contribution < 1.29 is 9.53 Å². The molecule has 0 heterocycles. The van der Waals surface area contributed by atoms with Gasteiger partial charge in [0.2, 0.25) is 0 Å². The first-order chi connectivity index (χ1) is 10.7. The summed E-state index contributed by atoms with van der Waals surface area (Å²) in [4.78, 5) is 12.4. The van der Waals surface area contributed by atoms with Crippen molar-refractivity contribution in [2.75, 3.05) is 5.32 Å². The predicted octanol–water partition coefficient (Wildman–Crippen LogP) is 4.22. The fourth-order valence-electron chi connectivity index (χ4n) is 2.38. The lowest BCUT2D eigenvalue weighted by Gasteiger charge is -2.18. The minimum Gasteiger partial charge on any atom is -0.481 e. The van der Waals surface area contributed by atoms with Crippen LogP contribution in [0.15, 0.2) is 48.5 Å². The van der Waals surface area contributed by atoms with Gasteiger partial charge in [-0.3, -0.25) is 4.79 Å². The summed E-state index contributed by atoms with van der Waals surface area (Å²) in [5.41, 5.74) is 3.24. The lowest BCUT2D eigenvalue weighted by atomic mass is 10.0. The van der Waals surface area contributed by atoms with Crippen molar-refractivity contribution in [3.63, 3.8) is 0 Å². The molecule has 3 nitrogen and oxygen atoms in total. The fraction of sp³-hybridized carbons (Fsp3) is 0.316. The zero-order valence-electron chi connectivity index (χ0n) is 13.4. The van der Waals surface area contributed by atoms with Crippen molar-refractivity contribution in [3.05, 3.63) is 59.7 Å². The van der Waals surface area contributed by atoms with Crippen molar-refractivity contribution in [1.82, 2.24) is 0 Å². The molecule has 0 spiro atoms. The van der Waals surface area contributed by atoms with Crippen molar-refractivity contribution >= 4 is 11.6 Å². The molecule has 116 valence electrons. The number of amides is 1. The second-order valence-electron chi connectivity index (χ2n) is 5.22. The highest BCUT2D eigenvalue weighted by atomic mass is 16.5. The summed E-state index contributed by atoms with van der Waals surface area (Å²) < 4.78 is 5.68. The van der Waals surface area contributed by atoms with E-state index in [0.717, 1.165) is 29.7 Å². The van der Waals surface area contributed by atoms with Crippen LogP contribution < -0.4 is 10.1 Å². The van der Waals surface area contributed by atoms with E-state index >= 15 is 0 Å². The molecule has 1 atom stereocenters. The van der Waals surface area contributed by atoms with Crippen LogP contribution in [0.4, 0.5) is 5.69 Å². The Morgan fingerprint density at radius 3 is 2.14 bits per heavy atom. The Labute approximate surface area is 132 Å². The number of anilines is 1. The lowest BCUT2D eigenvalue weighted by Crippen LogP contribution is -2.30. The monoisotopic (exact) mass is 297 g/mol. The highest BCUT2D eigenvalue weighted by molar-refractivity contribution is 5.95. The minimum absolute atomic E-state index is 0.126. The summed E-state index contributed by atoms with van der Waals surface area (Å²) in [6.45, 7) is 5.95. The molecule has 2 aromatic carbocycles. The van der Waals surface area contributed by atoms with Crippen LogP contribution >= 0.6 is 0 Å². The maximum Gasteiger partial charge on any atom is 0.265 e. The molecule has 0 saturated carbocycles. The van der Waals surface area contributed by atoms with E-state index in [-0.39, 0.29) is 5.91 Å². The third-order valence-corrected chi connectivity index (χ3v) is 3.67. The van der Waals surface area contributed by atoms with E-state index in [1.54, 1.807) is 6.92 Å². The van der Waals surface area contributed by atoms with Gasteiger partial charge in [-0.25, -0.2) is 0 Å². The normalized spacial score (nSPS) is 11.8. The Hall–Kier alpha value is -2.29. The van der Waals surface area contributed by atoms with E-state index in [9.17, 15) is 4.79 Å². The molecular formula is C19H23NO2. The standard InChI is InChI=1S/C19H23NO2/c1-4-15-10-9-11-16(5-2)18(15)20-19(21)14(3)22-17-12-7-6-8-13-17/h6-14H,4-5H2,1-3H3,(H,20,21)/t14-/m1/s1. The van der Waals surface area contributed by atoms with Crippen LogP contribution in [0.25, 0.3) is 0 Å². The van der Waals surface area contributed by atoms with Crippen LogP contribution in [0.5, 0.6) is 5.75 Å². The third kappa shape index (κ3) is 3.88. The number of carbonyl (C=O) groups excluding carboxylic acids is 1. The number of ether oxygens (including phenoxy) is 1. The number of rotatable bonds is 6. The van der Waals surface area contributed by atoms with Gasteiger partial charge in [0.25, 0.3) is 5.91 Å². The maximum absolute atomic E-state index is 12.4.